The van der Waals surface area contributed by atoms with Gasteiger partial charge in [-0.2, -0.15) is 0 Å². The molecule has 7 nitrogen and oxygen atoms in total. The van der Waals surface area contributed by atoms with Crippen molar-refractivity contribution in [3.63, 3.8) is 0 Å². The highest BCUT2D eigenvalue weighted by Crippen LogP contribution is 2.60. The predicted molar refractivity (Wildman–Crippen MR) is 93.9 cm³/mol. The van der Waals surface area contributed by atoms with E-state index in [1.54, 1.807) is 0 Å². The van der Waals surface area contributed by atoms with Crippen molar-refractivity contribution in [2.24, 2.45) is 0 Å². The van der Waals surface area contributed by atoms with Crippen molar-refractivity contribution in [1.29, 1.82) is 0 Å². The van der Waals surface area contributed by atoms with Crippen LogP contribution in [0.3, 0.4) is 0 Å². The average Bonchev–Trinajstić information content (AvgIpc) is 2.60. The zero-order chi connectivity index (χ0) is 19.1. The van der Waals surface area contributed by atoms with E-state index in [0.29, 0.717) is 24.8 Å². The Balaban J connectivity index is 1.24. The van der Waals surface area contributed by atoms with Gasteiger partial charge < -0.3 is 15.4 Å². The monoisotopic (exact) mass is 390 g/mol. The minimum Gasteiger partial charge on any atom is -0.484 e. The summed E-state index contributed by atoms with van der Waals surface area (Å²) in [7, 11) is 0. The Morgan fingerprint density at radius 3 is 2.48 bits per heavy atom. The summed E-state index contributed by atoms with van der Waals surface area (Å²) in [4.78, 5) is 31.9. The smallest absolute Gasteiger partial charge is 0.258 e. The number of amides is 2. The van der Waals surface area contributed by atoms with Crippen molar-refractivity contribution >= 4 is 23.4 Å². The van der Waals surface area contributed by atoms with Gasteiger partial charge in [-0.3, -0.25) is 9.59 Å². The largest absolute Gasteiger partial charge is 0.484 e. The Hall–Kier alpha value is -2.74. The third-order valence-electron chi connectivity index (χ3n) is 4.90. The van der Waals surface area contributed by atoms with Crippen molar-refractivity contribution in [1.82, 2.24) is 20.6 Å². The van der Waals surface area contributed by atoms with Crippen molar-refractivity contribution in [3.05, 3.63) is 53.3 Å². The van der Waals surface area contributed by atoms with Gasteiger partial charge in [0.05, 0.1) is 10.6 Å². The van der Waals surface area contributed by atoms with Crippen LogP contribution in [0.25, 0.3) is 0 Å². The maximum atomic E-state index is 13.4. The van der Waals surface area contributed by atoms with Gasteiger partial charge in [-0.25, -0.2) is 14.4 Å². The molecule has 1 heterocycles. The van der Waals surface area contributed by atoms with Crippen LogP contribution < -0.4 is 15.4 Å². The summed E-state index contributed by atoms with van der Waals surface area (Å²) in [6.45, 7) is -0.219. The van der Waals surface area contributed by atoms with Crippen LogP contribution in [0, 0.1) is 5.82 Å². The minimum absolute atomic E-state index is 0.00456. The maximum Gasteiger partial charge on any atom is 0.258 e. The number of carbonyl (C=O) groups is 2. The van der Waals surface area contributed by atoms with Crippen molar-refractivity contribution in [3.8, 4) is 5.75 Å². The van der Waals surface area contributed by atoms with Gasteiger partial charge >= 0.3 is 0 Å². The van der Waals surface area contributed by atoms with E-state index in [1.807, 2.05) is 0 Å². The number of nitrogens with zero attached hydrogens (tertiary/aromatic N) is 2. The molecule has 2 N–H and O–H groups in total. The second-order valence-electron chi connectivity index (χ2n) is 7.09. The Morgan fingerprint density at radius 2 is 1.81 bits per heavy atom. The third-order valence-corrected chi connectivity index (χ3v) is 5.20. The van der Waals surface area contributed by atoms with Gasteiger partial charge in [0.2, 0.25) is 0 Å². The number of nitrogens with one attached hydrogen (secondary N) is 2. The molecule has 0 saturated heterocycles. The van der Waals surface area contributed by atoms with Crippen LogP contribution in [0.5, 0.6) is 5.75 Å². The summed E-state index contributed by atoms with van der Waals surface area (Å²) < 4.78 is 18.6. The molecule has 2 bridgehead atoms. The number of aromatic nitrogens is 2. The summed E-state index contributed by atoms with van der Waals surface area (Å²) in [6.07, 6.45) is 6.29. The lowest BCUT2D eigenvalue weighted by atomic mass is 9.44. The SMILES string of the molecule is O=C(COc1ccc(Cl)c(F)c1)NC12CC(NC(=O)c3cncnc3)(C1)C2. The van der Waals surface area contributed by atoms with E-state index in [-0.39, 0.29) is 40.3 Å². The minimum atomic E-state index is -0.601. The summed E-state index contributed by atoms with van der Waals surface area (Å²) in [5.41, 5.74) is -0.170. The lowest BCUT2D eigenvalue weighted by molar-refractivity contribution is -0.141. The molecule has 0 unspecified atom stereocenters. The molecule has 3 saturated carbocycles. The van der Waals surface area contributed by atoms with Crippen LogP contribution >= 0.6 is 11.6 Å². The molecule has 3 aliphatic carbocycles. The van der Waals surface area contributed by atoms with Gasteiger partial charge in [-0.05, 0) is 31.4 Å². The Kier molecular flexibility index (Phi) is 4.22. The highest BCUT2D eigenvalue weighted by Gasteiger charge is 2.69. The lowest BCUT2D eigenvalue weighted by Crippen LogP contribution is -2.84. The first-order valence-electron chi connectivity index (χ1n) is 8.35. The van der Waals surface area contributed by atoms with Crippen LogP contribution in [-0.2, 0) is 4.79 Å². The molecular formula is C18H16ClFN4O3. The van der Waals surface area contributed by atoms with Gasteiger partial charge in [-0.1, -0.05) is 11.6 Å². The molecule has 1 aromatic heterocycles. The zero-order valence-corrected chi connectivity index (χ0v) is 14.9. The second kappa shape index (κ2) is 6.45. The topological polar surface area (TPSA) is 93.2 Å². The quantitative estimate of drug-likeness (QED) is 0.785. The van der Waals surface area contributed by atoms with E-state index in [2.05, 4.69) is 20.6 Å². The molecule has 2 aromatic rings. The molecule has 1 aromatic carbocycles. The maximum absolute atomic E-state index is 13.4. The molecular weight excluding hydrogens is 375 g/mol. The molecule has 140 valence electrons. The van der Waals surface area contributed by atoms with Crippen LogP contribution in [0.1, 0.15) is 29.6 Å². The normalized spacial score (nSPS) is 25.0. The third kappa shape index (κ3) is 3.44. The van der Waals surface area contributed by atoms with E-state index in [9.17, 15) is 14.0 Å². The molecule has 9 heteroatoms. The number of hydrogen-bond acceptors (Lipinski definition) is 5. The van der Waals surface area contributed by atoms with Crippen LogP contribution in [-0.4, -0.2) is 39.5 Å². The lowest BCUT2D eigenvalue weighted by Gasteiger charge is -2.70. The Labute approximate surface area is 159 Å². The highest BCUT2D eigenvalue weighted by atomic mass is 35.5. The molecule has 27 heavy (non-hydrogen) atoms. The molecule has 0 atom stereocenters. The van der Waals surface area contributed by atoms with Gasteiger partial charge in [0.1, 0.15) is 17.9 Å². The Morgan fingerprint density at radius 1 is 1.15 bits per heavy atom. The number of carbonyl (C=O) groups excluding carboxylic acids is 2. The first-order chi connectivity index (χ1) is 12.9. The second-order valence-corrected chi connectivity index (χ2v) is 7.49. The molecule has 0 spiro atoms. The average molecular weight is 391 g/mol. The van der Waals surface area contributed by atoms with E-state index in [4.69, 9.17) is 16.3 Å². The number of rotatable bonds is 6. The summed E-state index contributed by atoms with van der Waals surface area (Å²) in [6, 6.07) is 4.00. The van der Waals surface area contributed by atoms with Crippen LogP contribution in [0.4, 0.5) is 4.39 Å². The van der Waals surface area contributed by atoms with Gasteiger partial charge in [0, 0.05) is 29.5 Å². The number of benzene rings is 1. The molecule has 3 fully saturated rings. The fraction of sp³-hybridized carbons (Fsp3) is 0.333. The van der Waals surface area contributed by atoms with Gasteiger partial charge in [0.15, 0.2) is 6.61 Å². The van der Waals surface area contributed by atoms with Gasteiger partial charge in [0.25, 0.3) is 11.8 Å². The van der Waals surface area contributed by atoms with E-state index in [0.717, 1.165) is 6.07 Å². The van der Waals surface area contributed by atoms with Gasteiger partial charge in [-0.15, -0.1) is 0 Å². The van der Waals surface area contributed by atoms with Crippen LogP contribution in [0.15, 0.2) is 36.9 Å². The predicted octanol–water partition coefficient (Wildman–Crippen LogP) is 1.87. The zero-order valence-electron chi connectivity index (χ0n) is 14.2. The van der Waals surface area contributed by atoms with Crippen molar-refractivity contribution in [2.45, 2.75) is 30.3 Å². The summed E-state index contributed by atoms with van der Waals surface area (Å²) >= 11 is 5.60. The molecule has 3 aliphatic rings. The standard InChI is InChI=1S/C18H16ClFN4O3/c19-13-2-1-12(3-14(13)20)27-6-15(25)23-17-7-18(8-17,9-17)24-16(26)11-4-21-10-22-5-11/h1-5,10H,6-9H2,(H,23,25)(H,24,26). The summed E-state index contributed by atoms with van der Waals surface area (Å²) in [5, 5.41) is 5.92. The molecule has 2 amide bonds. The fourth-order valence-electron chi connectivity index (χ4n) is 3.83. The van der Waals surface area contributed by atoms with E-state index >= 15 is 0 Å². The Bertz CT molecular complexity index is 889. The number of ether oxygens (including phenoxy) is 1. The molecule has 5 rings (SSSR count). The van der Waals surface area contributed by atoms with E-state index in [1.165, 1.54) is 30.9 Å². The first kappa shape index (κ1) is 17.7. The first-order valence-corrected chi connectivity index (χ1v) is 8.73. The van der Waals surface area contributed by atoms with Crippen molar-refractivity contribution < 1.29 is 18.7 Å². The number of halogens is 2. The molecule has 0 radical (unpaired) electrons. The number of hydrogen-bond donors (Lipinski definition) is 2. The summed E-state index contributed by atoms with van der Waals surface area (Å²) in [5.74, 6) is -0.876. The van der Waals surface area contributed by atoms with Crippen molar-refractivity contribution in [2.75, 3.05) is 6.61 Å². The highest BCUT2D eigenvalue weighted by molar-refractivity contribution is 6.30. The van der Waals surface area contributed by atoms with Crippen LogP contribution in [0.2, 0.25) is 5.02 Å². The molecule has 0 aliphatic heterocycles. The fourth-order valence-corrected chi connectivity index (χ4v) is 3.95. The van der Waals surface area contributed by atoms with E-state index < -0.39 is 5.82 Å².